The molecule has 6 nitrogen and oxygen atoms in total. The predicted molar refractivity (Wildman–Crippen MR) is 80.3 cm³/mol. The van der Waals surface area contributed by atoms with Crippen LogP contribution < -0.4 is 11.1 Å². The van der Waals surface area contributed by atoms with Crippen LogP contribution in [0.2, 0.25) is 0 Å². The lowest BCUT2D eigenvalue weighted by Gasteiger charge is -2.29. The molecule has 0 spiro atoms. The van der Waals surface area contributed by atoms with E-state index in [2.05, 4.69) is 29.1 Å². The second kappa shape index (κ2) is 5.26. The first kappa shape index (κ1) is 14.3. The van der Waals surface area contributed by atoms with Crippen molar-refractivity contribution in [3.63, 3.8) is 0 Å². The molecule has 0 amide bonds. The van der Waals surface area contributed by atoms with Crippen molar-refractivity contribution in [1.82, 2.24) is 9.97 Å². The largest absolute Gasteiger partial charge is 0.383 e. The molecular formula is C15H22N4O2. The average Bonchev–Trinajstić information content (AvgIpc) is 2.86. The second-order valence-corrected chi connectivity index (χ2v) is 6.71. The topological polar surface area (TPSA) is 90.1 Å². The van der Waals surface area contributed by atoms with E-state index in [-0.39, 0.29) is 23.1 Å². The highest BCUT2D eigenvalue weighted by atomic mass is 16.5. The van der Waals surface area contributed by atoms with Gasteiger partial charge in [0.2, 0.25) is 5.95 Å². The van der Waals surface area contributed by atoms with Crippen LogP contribution in [0, 0.1) is 5.41 Å². The molecule has 3 rings (SSSR count). The third-order valence-corrected chi connectivity index (χ3v) is 4.09. The summed E-state index contributed by atoms with van der Waals surface area (Å²) >= 11 is 0. The van der Waals surface area contributed by atoms with Gasteiger partial charge in [0.1, 0.15) is 5.82 Å². The molecule has 1 aromatic rings. The molecule has 1 aliphatic heterocycles. The molecule has 0 saturated carbocycles. The molecule has 21 heavy (non-hydrogen) atoms. The number of rotatable bonds is 3. The number of nitrogens with one attached hydrogen (secondary N) is 1. The Labute approximate surface area is 124 Å². The van der Waals surface area contributed by atoms with Crippen LogP contribution in [0.4, 0.5) is 11.8 Å². The minimum Gasteiger partial charge on any atom is -0.383 e. The van der Waals surface area contributed by atoms with Gasteiger partial charge in [-0.3, -0.25) is 4.79 Å². The van der Waals surface area contributed by atoms with Crippen molar-refractivity contribution >= 4 is 17.5 Å². The van der Waals surface area contributed by atoms with Gasteiger partial charge in [0.15, 0.2) is 5.78 Å². The van der Waals surface area contributed by atoms with Gasteiger partial charge in [-0.15, -0.1) is 0 Å². The number of hydrogen-bond donors (Lipinski definition) is 2. The summed E-state index contributed by atoms with van der Waals surface area (Å²) in [7, 11) is 0. The van der Waals surface area contributed by atoms with Gasteiger partial charge >= 0.3 is 0 Å². The lowest BCUT2D eigenvalue weighted by molar-refractivity contribution is 0.0911. The minimum atomic E-state index is -0.0727. The summed E-state index contributed by atoms with van der Waals surface area (Å²) in [6.45, 7) is 5.65. The molecule has 1 unspecified atom stereocenters. The molecule has 3 N–H and O–H groups in total. The molecule has 1 atom stereocenters. The van der Waals surface area contributed by atoms with Crippen molar-refractivity contribution in [2.24, 2.45) is 5.41 Å². The maximum absolute atomic E-state index is 12.2. The molecule has 1 aromatic heterocycles. The number of ether oxygens (including phenoxy) is 1. The fourth-order valence-corrected chi connectivity index (χ4v) is 3.09. The number of carbonyl (C=O) groups is 1. The summed E-state index contributed by atoms with van der Waals surface area (Å²) < 4.78 is 5.56. The first-order valence-corrected chi connectivity index (χ1v) is 7.50. The molecule has 1 fully saturated rings. The third kappa shape index (κ3) is 3.00. The fourth-order valence-electron chi connectivity index (χ4n) is 3.09. The lowest BCUT2D eigenvalue weighted by Crippen LogP contribution is -2.30. The highest BCUT2D eigenvalue weighted by molar-refractivity contribution is 6.02. The quantitative estimate of drug-likeness (QED) is 0.882. The number of hydrogen-bond acceptors (Lipinski definition) is 6. The van der Waals surface area contributed by atoms with E-state index in [0.717, 1.165) is 31.6 Å². The Bertz CT molecular complexity index is 565. The van der Waals surface area contributed by atoms with E-state index in [0.29, 0.717) is 24.5 Å². The monoisotopic (exact) mass is 290 g/mol. The van der Waals surface area contributed by atoms with E-state index in [4.69, 9.17) is 10.5 Å². The molecule has 2 heterocycles. The van der Waals surface area contributed by atoms with Gasteiger partial charge in [-0.05, 0) is 24.7 Å². The normalized spacial score (nSPS) is 23.9. The van der Waals surface area contributed by atoms with E-state index >= 15 is 0 Å². The number of anilines is 2. The first-order chi connectivity index (χ1) is 9.94. The maximum Gasteiger partial charge on any atom is 0.224 e. The van der Waals surface area contributed by atoms with Gasteiger partial charge in [-0.1, -0.05) is 13.8 Å². The van der Waals surface area contributed by atoms with Crippen LogP contribution >= 0.6 is 0 Å². The number of nitrogens with two attached hydrogens (primary N) is 1. The van der Waals surface area contributed by atoms with Crippen molar-refractivity contribution in [1.29, 1.82) is 0 Å². The van der Waals surface area contributed by atoms with Gasteiger partial charge in [-0.2, -0.15) is 4.98 Å². The third-order valence-electron chi connectivity index (χ3n) is 4.09. The van der Waals surface area contributed by atoms with Crippen LogP contribution in [-0.4, -0.2) is 35.0 Å². The van der Waals surface area contributed by atoms with Crippen LogP contribution in [0.25, 0.3) is 0 Å². The van der Waals surface area contributed by atoms with E-state index in [1.165, 1.54) is 0 Å². The lowest BCUT2D eigenvalue weighted by atomic mass is 9.76. The Balaban J connectivity index is 1.81. The Hall–Kier alpha value is -1.69. The van der Waals surface area contributed by atoms with Crippen molar-refractivity contribution < 1.29 is 9.53 Å². The number of nitrogen functional groups attached to an aromatic ring is 1. The summed E-state index contributed by atoms with van der Waals surface area (Å²) in [5, 5.41) is 3.18. The van der Waals surface area contributed by atoms with E-state index in [1.54, 1.807) is 0 Å². The average molecular weight is 290 g/mol. The van der Waals surface area contributed by atoms with Gasteiger partial charge in [0.05, 0.1) is 17.4 Å². The molecule has 114 valence electrons. The van der Waals surface area contributed by atoms with Crippen molar-refractivity contribution in [2.75, 3.05) is 24.2 Å². The molecule has 0 radical (unpaired) electrons. The number of nitrogens with zero attached hydrogens (tertiary/aromatic N) is 2. The molecule has 2 aliphatic rings. The van der Waals surface area contributed by atoms with E-state index < -0.39 is 0 Å². The van der Waals surface area contributed by atoms with Crippen LogP contribution in [-0.2, 0) is 11.2 Å². The Morgan fingerprint density at radius 1 is 1.38 bits per heavy atom. The van der Waals surface area contributed by atoms with Crippen molar-refractivity contribution in [2.45, 2.75) is 45.6 Å². The number of aromatic nitrogens is 2. The smallest absolute Gasteiger partial charge is 0.224 e. The fraction of sp³-hybridized carbons (Fsp3) is 0.667. The van der Waals surface area contributed by atoms with Gasteiger partial charge in [0.25, 0.3) is 0 Å². The molecule has 0 aromatic carbocycles. The molecule has 6 heteroatoms. The Morgan fingerprint density at radius 2 is 2.19 bits per heavy atom. The Kier molecular flexibility index (Phi) is 3.57. The minimum absolute atomic E-state index is 0.0458. The molecule has 0 bridgehead atoms. The van der Waals surface area contributed by atoms with Crippen LogP contribution in [0.5, 0.6) is 0 Å². The van der Waals surface area contributed by atoms with E-state index in [1.807, 2.05) is 0 Å². The van der Waals surface area contributed by atoms with Crippen LogP contribution in [0.15, 0.2) is 0 Å². The van der Waals surface area contributed by atoms with Crippen LogP contribution in [0.3, 0.4) is 0 Å². The number of Topliss-reactive ketones (excluding diaryl/α,β-unsaturated/α-hetero) is 1. The predicted octanol–water partition coefficient (Wildman–Crippen LogP) is 1.80. The Morgan fingerprint density at radius 3 is 2.90 bits per heavy atom. The number of ketones is 1. The van der Waals surface area contributed by atoms with Crippen LogP contribution in [0.1, 0.15) is 49.2 Å². The standard InChI is InChI=1S/C15H22N4O2/c1-15(2)6-10-12(11(20)7-15)13(16)19-14(18-10)17-8-9-4-3-5-21-9/h9H,3-8H2,1-2H3,(H3,16,17,18,19). The first-order valence-electron chi connectivity index (χ1n) is 7.50. The second-order valence-electron chi connectivity index (χ2n) is 6.71. The zero-order valence-corrected chi connectivity index (χ0v) is 12.6. The summed E-state index contributed by atoms with van der Waals surface area (Å²) in [5.74, 6) is 0.826. The van der Waals surface area contributed by atoms with Gasteiger partial charge < -0.3 is 15.8 Å². The van der Waals surface area contributed by atoms with Gasteiger partial charge in [0, 0.05) is 19.6 Å². The summed E-state index contributed by atoms with van der Waals surface area (Å²) in [6.07, 6.45) is 3.61. The SMILES string of the molecule is CC1(C)CC(=O)c2c(N)nc(NCC3CCCO3)nc2C1. The summed E-state index contributed by atoms with van der Waals surface area (Å²) in [5.41, 5.74) is 7.16. The maximum atomic E-state index is 12.2. The molecular weight excluding hydrogens is 268 g/mol. The number of fused-ring (bicyclic) bond motifs is 1. The summed E-state index contributed by atoms with van der Waals surface area (Å²) in [4.78, 5) is 20.9. The summed E-state index contributed by atoms with van der Waals surface area (Å²) in [6, 6.07) is 0. The van der Waals surface area contributed by atoms with Gasteiger partial charge in [-0.25, -0.2) is 4.98 Å². The number of carbonyl (C=O) groups excluding carboxylic acids is 1. The van der Waals surface area contributed by atoms with Crippen molar-refractivity contribution in [3.8, 4) is 0 Å². The molecule has 1 aliphatic carbocycles. The molecule has 1 saturated heterocycles. The van der Waals surface area contributed by atoms with Crippen molar-refractivity contribution in [3.05, 3.63) is 11.3 Å². The van der Waals surface area contributed by atoms with E-state index in [9.17, 15) is 4.79 Å². The highest BCUT2D eigenvalue weighted by Crippen LogP contribution is 2.35. The zero-order valence-electron chi connectivity index (χ0n) is 12.6. The highest BCUT2D eigenvalue weighted by Gasteiger charge is 2.34. The zero-order chi connectivity index (χ0) is 15.0.